The van der Waals surface area contributed by atoms with Gasteiger partial charge < -0.3 is 10.1 Å². The van der Waals surface area contributed by atoms with E-state index in [0.717, 1.165) is 18.4 Å². The molecule has 1 N–H and O–H groups in total. The van der Waals surface area contributed by atoms with Crippen LogP contribution in [0, 0.1) is 0 Å². The molecule has 32 heavy (non-hydrogen) atoms. The van der Waals surface area contributed by atoms with Crippen LogP contribution in [0.1, 0.15) is 38.3 Å². The van der Waals surface area contributed by atoms with E-state index in [1.165, 1.54) is 11.8 Å². The fourth-order valence-corrected chi connectivity index (χ4v) is 4.88. The van der Waals surface area contributed by atoms with Gasteiger partial charge in [-0.2, -0.15) is 0 Å². The molecule has 1 saturated heterocycles. The van der Waals surface area contributed by atoms with E-state index in [-0.39, 0.29) is 23.6 Å². The minimum absolute atomic E-state index is 0.0270. The van der Waals surface area contributed by atoms with Crippen LogP contribution < -0.4 is 10.9 Å². The van der Waals surface area contributed by atoms with Crippen LogP contribution in [0.3, 0.4) is 0 Å². The van der Waals surface area contributed by atoms with Gasteiger partial charge in [-0.05, 0) is 50.5 Å². The Kier molecular flexibility index (Phi) is 7.18. The van der Waals surface area contributed by atoms with E-state index < -0.39 is 5.25 Å². The molecule has 0 saturated carbocycles. The van der Waals surface area contributed by atoms with Crippen LogP contribution in [-0.2, 0) is 16.1 Å². The molecule has 1 aromatic heterocycles. The second-order valence-electron chi connectivity index (χ2n) is 8.01. The summed E-state index contributed by atoms with van der Waals surface area (Å²) in [4.78, 5) is 30.9. The molecule has 1 aliphatic heterocycles. The highest BCUT2D eigenvalue weighted by molar-refractivity contribution is 8.00. The van der Waals surface area contributed by atoms with E-state index >= 15 is 0 Å². The number of carbonyl (C=O) groups excluding carboxylic acids is 1. The third-order valence-corrected chi connectivity index (χ3v) is 6.93. The molecular formula is C24H26ClN3O3S. The van der Waals surface area contributed by atoms with Crippen LogP contribution in [0.25, 0.3) is 10.9 Å². The highest BCUT2D eigenvalue weighted by atomic mass is 35.5. The maximum atomic E-state index is 13.3. The molecule has 1 aliphatic rings. The van der Waals surface area contributed by atoms with Crippen LogP contribution >= 0.6 is 23.4 Å². The number of fused-ring (bicyclic) bond motifs is 1. The molecule has 0 aliphatic carbocycles. The number of carbonyl (C=O) groups is 1. The zero-order valence-corrected chi connectivity index (χ0v) is 19.7. The Morgan fingerprint density at radius 2 is 2.06 bits per heavy atom. The molecule has 2 aromatic carbocycles. The van der Waals surface area contributed by atoms with Gasteiger partial charge in [0, 0.05) is 11.6 Å². The molecule has 0 bridgehead atoms. The molecule has 2 heterocycles. The maximum Gasteiger partial charge on any atom is 0.262 e. The summed E-state index contributed by atoms with van der Waals surface area (Å²) < 4.78 is 7.40. The highest BCUT2D eigenvalue weighted by Gasteiger charge is 2.24. The summed E-state index contributed by atoms with van der Waals surface area (Å²) in [5.41, 5.74) is 1.42. The van der Waals surface area contributed by atoms with Gasteiger partial charge in [-0.3, -0.25) is 14.2 Å². The van der Waals surface area contributed by atoms with E-state index in [9.17, 15) is 9.59 Å². The van der Waals surface area contributed by atoms with Crippen LogP contribution in [0.5, 0.6) is 0 Å². The SMILES string of the molecule is C[C@H](Sc1nc2cc(Cl)ccc2c(=O)n1C[C@@H]1CCCO1)C(=O)N[C@H](C)c1ccccc1. The first-order chi connectivity index (χ1) is 15.4. The van der Waals surface area contributed by atoms with E-state index in [1.807, 2.05) is 44.2 Å². The number of hydrogen-bond acceptors (Lipinski definition) is 5. The number of rotatable bonds is 7. The van der Waals surface area contributed by atoms with E-state index in [1.54, 1.807) is 22.8 Å². The Bertz CT molecular complexity index is 1160. The highest BCUT2D eigenvalue weighted by Crippen LogP contribution is 2.26. The number of amides is 1. The van der Waals surface area contributed by atoms with Crippen molar-refractivity contribution in [3.05, 3.63) is 69.5 Å². The molecule has 3 aromatic rings. The molecule has 0 unspecified atom stereocenters. The molecule has 4 rings (SSSR count). The molecule has 0 radical (unpaired) electrons. The van der Waals surface area contributed by atoms with Gasteiger partial charge in [0.05, 0.1) is 34.8 Å². The average molecular weight is 472 g/mol. The van der Waals surface area contributed by atoms with Gasteiger partial charge >= 0.3 is 0 Å². The standard InChI is InChI=1S/C24H26ClN3O3S/c1-15(17-7-4-3-5-8-17)26-22(29)16(2)32-24-27-21-13-18(25)10-11-20(21)23(30)28(24)14-19-9-6-12-31-19/h3-5,7-8,10-11,13,15-16,19H,6,9,12,14H2,1-2H3,(H,26,29)/t15-,16+,19+/m1/s1. The Morgan fingerprint density at radius 1 is 1.28 bits per heavy atom. The van der Waals surface area contributed by atoms with Crippen molar-refractivity contribution in [1.82, 2.24) is 14.9 Å². The van der Waals surface area contributed by atoms with Crippen molar-refractivity contribution in [3.63, 3.8) is 0 Å². The van der Waals surface area contributed by atoms with Crippen molar-refractivity contribution in [2.45, 2.75) is 55.8 Å². The molecule has 1 fully saturated rings. The summed E-state index contributed by atoms with van der Waals surface area (Å²) >= 11 is 7.41. The normalized spacial score (nSPS) is 17.9. The van der Waals surface area contributed by atoms with E-state index in [2.05, 4.69) is 5.32 Å². The lowest BCUT2D eigenvalue weighted by molar-refractivity contribution is -0.120. The smallest absolute Gasteiger partial charge is 0.262 e. The molecule has 1 amide bonds. The first kappa shape index (κ1) is 22.8. The fraction of sp³-hybridized carbons (Fsp3) is 0.375. The van der Waals surface area contributed by atoms with Crippen LogP contribution in [0.2, 0.25) is 5.02 Å². The molecular weight excluding hydrogens is 446 g/mol. The zero-order chi connectivity index (χ0) is 22.7. The minimum Gasteiger partial charge on any atom is -0.376 e. The number of ether oxygens (including phenoxy) is 1. The van der Waals surface area contributed by atoms with E-state index in [4.69, 9.17) is 21.3 Å². The third kappa shape index (κ3) is 5.17. The number of nitrogens with one attached hydrogen (secondary N) is 1. The lowest BCUT2D eigenvalue weighted by Gasteiger charge is -2.20. The second-order valence-corrected chi connectivity index (χ2v) is 9.75. The van der Waals surface area contributed by atoms with Crippen molar-refractivity contribution in [3.8, 4) is 0 Å². The fourth-order valence-electron chi connectivity index (χ4n) is 3.78. The van der Waals surface area contributed by atoms with Crippen molar-refractivity contribution in [1.29, 1.82) is 0 Å². The van der Waals surface area contributed by atoms with Gasteiger partial charge in [0.15, 0.2) is 5.16 Å². The molecule has 0 spiro atoms. The van der Waals surface area contributed by atoms with Crippen LogP contribution in [0.4, 0.5) is 0 Å². The average Bonchev–Trinajstić information content (AvgIpc) is 3.30. The van der Waals surface area contributed by atoms with Gasteiger partial charge in [0.1, 0.15) is 0 Å². The zero-order valence-electron chi connectivity index (χ0n) is 18.1. The quantitative estimate of drug-likeness (QED) is 0.403. The monoisotopic (exact) mass is 471 g/mol. The summed E-state index contributed by atoms with van der Waals surface area (Å²) in [6.45, 7) is 4.90. The van der Waals surface area contributed by atoms with Crippen molar-refractivity contribution in [2.75, 3.05) is 6.61 Å². The van der Waals surface area contributed by atoms with Gasteiger partial charge in [-0.25, -0.2) is 4.98 Å². The lowest BCUT2D eigenvalue weighted by Crippen LogP contribution is -2.34. The summed E-state index contributed by atoms with van der Waals surface area (Å²) in [6.07, 6.45) is 1.86. The molecule has 3 atom stereocenters. The number of thioether (sulfide) groups is 1. The number of hydrogen-bond donors (Lipinski definition) is 1. The maximum absolute atomic E-state index is 13.3. The van der Waals surface area contributed by atoms with Gasteiger partial charge in [-0.1, -0.05) is 53.7 Å². The Hall–Kier alpha value is -2.35. The van der Waals surface area contributed by atoms with Crippen molar-refractivity contribution < 1.29 is 9.53 Å². The first-order valence-corrected chi connectivity index (χ1v) is 12.0. The number of benzene rings is 2. The summed E-state index contributed by atoms with van der Waals surface area (Å²) in [6, 6.07) is 14.8. The third-order valence-electron chi connectivity index (χ3n) is 5.60. The lowest BCUT2D eigenvalue weighted by atomic mass is 10.1. The van der Waals surface area contributed by atoms with Gasteiger partial charge in [0.2, 0.25) is 5.91 Å². The van der Waals surface area contributed by atoms with Crippen LogP contribution in [0.15, 0.2) is 58.5 Å². The second kappa shape index (κ2) is 10.1. The largest absolute Gasteiger partial charge is 0.376 e. The molecule has 168 valence electrons. The predicted octanol–water partition coefficient (Wildman–Crippen LogP) is 4.59. The van der Waals surface area contributed by atoms with E-state index in [0.29, 0.717) is 34.2 Å². The Morgan fingerprint density at radius 3 is 2.78 bits per heavy atom. The van der Waals surface area contributed by atoms with Crippen molar-refractivity contribution >= 4 is 40.2 Å². The number of nitrogens with zero attached hydrogens (tertiary/aromatic N) is 2. The van der Waals surface area contributed by atoms with Gasteiger partial charge in [-0.15, -0.1) is 0 Å². The van der Waals surface area contributed by atoms with Crippen LogP contribution in [-0.4, -0.2) is 33.4 Å². The summed E-state index contributed by atoms with van der Waals surface area (Å²) in [7, 11) is 0. The topological polar surface area (TPSA) is 73.2 Å². The predicted molar refractivity (Wildman–Crippen MR) is 128 cm³/mol. The Balaban J connectivity index is 1.59. The summed E-state index contributed by atoms with van der Waals surface area (Å²) in [5, 5.41) is 4.12. The number of aromatic nitrogens is 2. The Labute approximate surface area is 196 Å². The number of halogens is 1. The molecule has 8 heteroatoms. The molecule has 6 nitrogen and oxygen atoms in total. The van der Waals surface area contributed by atoms with Gasteiger partial charge in [0.25, 0.3) is 5.56 Å². The summed E-state index contributed by atoms with van der Waals surface area (Å²) in [5.74, 6) is -0.115. The van der Waals surface area contributed by atoms with Crippen molar-refractivity contribution in [2.24, 2.45) is 0 Å². The first-order valence-electron chi connectivity index (χ1n) is 10.8. The minimum atomic E-state index is -0.444.